The van der Waals surface area contributed by atoms with Crippen LogP contribution in [0.2, 0.25) is 0 Å². The molecule has 20 heavy (non-hydrogen) atoms. The minimum absolute atomic E-state index is 0.450. The predicted molar refractivity (Wildman–Crippen MR) is 56.1 cm³/mol. The van der Waals surface area contributed by atoms with Crippen molar-refractivity contribution >= 4 is 20.4 Å². The van der Waals surface area contributed by atoms with Crippen LogP contribution in [0, 0.1) is 0 Å². The maximum atomic E-state index is 12.0. The summed E-state index contributed by atoms with van der Waals surface area (Å²) < 4.78 is 109. The molecule has 0 rings (SSSR count). The molecule has 0 radical (unpaired) electrons. The molecule has 0 spiro atoms. The average molecular weight is 355 g/mol. The first-order chi connectivity index (χ1) is 8.62. The van der Waals surface area contributed by atoms with E-state index in [-0.39, 0.29) is 0 Å². The van der Waals surface area contributed by atoms with Gasteiger partial charge in [0, 0.05) is 0 Å². The van der Waals surface area contributed by atoms with Crippen LogP contribution in [0.15, 0.2) is 0 Å². The molecule has 0 saturated heterocycles. The Morgan fingerprint density at radius 1 is 0.950 bits per heavy atom. The molecule has 0 unspecified atom stereocenters. The summed E-state index contributed by atoms with van der Waals surface area (Å²) in [5, 5.41) is -4.17. The SMILES string of the molecule is CC[NH2+]CC.O=S(=O)(F)NS(=O)(=O)C(F)(F)C(F)(F)F. The van der Waals surface area contributed by atoms with E-state index in [0.717, 1.165) is 0 Å². The quantitative estimate of drug-likeness (QED) is 0.530. The molecule has 0 aliphatic rings. The van der Waals surface area contributed by atoms with Gasteiger partial charge in [0.05, 0.1) is 13.1 Å². The Hall–Kier alpha value is -0.600. The molecule has 0 aliphatic carbocycles. The van der Waals surface area contributed by atoms with Gasteiger partial charge in [-0.2, -0.15) is 30.4 Å². The van der Waals surface area contributed by atoms with Crippen LogP contribution in [-0.4, -0.2) is 41.4 Å². The molecule has 0 aliphatic heterocycles. The Bertz CT molecular complexity index is 484. The zero-order valence-corrected chi connectivity index (χ0v) is 11.8. The monoisotopic (exact) mass is 355 g/mol. The van der Waals surface area contributed by atoms with Gasteiger partial charge in [0.1, 0.15) is 0 Å². The van der Waals surface area contributed by atoms with Gasteiger partial charge in [0.25, 0.3) is 0 Å². The first-order valence-corrected chi connectivity index (χ1v) is 7.73. The van der Waals surface area contributed by atoms with Crippen molar-refractivity contribution in [3.8, 4) is 0 Å². The van der Waals surface area contributed by atoms with Gasteiger partial charge in [0.15, 0.2) is 0 Å². The predicted octanol–water partition coefficient (Wildman–Crippen LogP) is -0.135. The molecule has 124 valence electrons. The van der Waals surface area contributed by atoms with Gasteiger partial charge in [-0.3, -0.25) is 0 Å². The standard InChI is InChI=1S/C4H11N.C2HF6NO4S2/c1-3-5-4-2;3-1(4,5)2(6,7)14(10,11)9-15(8,12)13/h5H,3-4H2,1-2H3;9H/p+1. The number of hydrogen-bond donors (Lipinski definition) is 2. The molecule has 0 fully saturated rings. The lowest BCUT2D eigenvalue weighted by atomic mass is 10.7. The number of nitrogens with one attached hydrogen (secondary N) is 1. The fourth-order valence-corrected chi connectivity index (χ4v) is 2.40. The number of quaternary nitrogens is 1. The van der Waals surface area contributed by atoms with E-state index >= 15 is 0 Å². The molecular formula is C6H13F6N2O4S2+. The molecule has 0 saturated carbocycles. The Labute approximate surface area is 111 Å². The maximum absolute atomic E-state index is 12.0. The average Bonchev–Trinajstić information content (AvgIpc) is 2.13. The van der Waals surface area contributed by atoms with Gasteiger partial charge in [-0.05, 0) is 13.8 Å². The maximum Gasteiger partial charge on any atom is 0.471 e. The second-order valence-electron chi connectivity index (χ2n) is 3.14. The first kappa shape index (κ1) is 21.7. The number of rotatable bonds is 5. The van der Waals surface area contributed by atoms with Gasteiger partial charge >= 0.3 is 31.9 Å². The summed E-state index contributed by atoms with van der Waals surface area (Å²) in [6, 6.07) is 0. The minimum Gasteiger partial charge on any atom is -0.347 e. The van der Waals surface area contributed by atoms with Gasteiger partial charge in [-0.25, -0.2) is 8.42 Å². The molecule has 0 atom stereocenters. The topological polar surface area (TPSA) is 96.9 Å². The van der Waals surface area contributed by atoms with Crippen LogP contribution in [0.3, 0.4) is 0 Å². The molecule has 0 bridgehead atoms. The highest BCUT2D eigenvalue weighted by Gasteiger charge is 2.68. The Morgan fingerprint density at radius 3 is 1.45 bits per heavy atom. The molecule has 14 heteroatoms. The summed E-state index contributed by atoms with van der Waals surface area (Å²) in [5.41, 5.74) is 0. The van der Waals surface area contributed by atoms with Gasteiger partial charge in [0.2, 0.25) is 0 Å². The summed E-state index contributed by atoms with van der Waals surface area (Å²) in [5.74, 6) is 0. The van der Waals surface area contributed by atoms with Crippen molar-refractivity contribution in [1.82, 2.24) is 4.13 Å². The summed E-state index contributed by atoms with van der Waals surface area (Å²) >= 11 is 0. The van der Waals surface area contributed by atoms with Crippen molar-refractivity contribution in [2.45, 2.75) is 25.3 Å². The van der Waals surface area contributed by atoms with E-state index in [1.807, 2.05) is 0 Å². The van der Waals surface area contributed by atoms with Crippen LogP contribution in [0.25, 0.3) is 0 Å². The molecule has 0 amide bonds. The molecule has 0 aromatic heterocycles. The molecule has 6 nitrogen and oxygen atoms in total. The van der Waals surface area contributed by atoms with Gasteiger partial charge in [-0.15, -0.1) is 0 Å². The van der Waals surface area contributed by atoms with E-state index in [0.29, 0.717) is 0 Å². The molecular weight excluding hydrogens is 342 g/mol. The lowest BCUT2D eigenvalue weighted by Crippen LogP contribution is -2.82. The van der Waals surface area contributed by atoms with Crippen molar-refractivity contribution in [3.05, 3.63) is 0 Å². The number of alkyl halides is 5. The van der Waals surface area contributed by atoms with Crippen molar-refractivity contribution < 1.29 is 48.0 Å². The largest absolute Gasteiger partial charge is 0.471 e. The van der Waals surface area contributed by atoms with Crippen LogP contribution in [0.5, 0.6) is 0 Å². The Morgan fingerprint density at radius 2 is 1.30 bits per heavy atom. The van der Waals surface area contributed by atoms with E-state index in [1.54, 1.807) is 0 Å². The van der Waals surface area contributed by atoms with Crippen molar-refractivity contribution in [2.75, 3.05) is 13.1 Å². The summed E-state index contributed by atoms with van der Waals surface area (Å²) in [6.45, 7) is 6.75. The minimum atomic E-state index is -6.75. The van der Waals surface area contributed by atoms with Crippen LogP contribution in [0.4, 0.5) is 25.8 Å². The number of halogens is 6. The smallest absolute Gasteiger partial charge is 0.347 e. The van der Waals surface area contributed by atoms with Gasteiger partial charge < -0.3 is 5.32 Å². The normalized spacial score (nSPS) is 13.6. The third-order valence-corrected chi connectivity index (χ3v) is 4.03. The molecule has 3 N–H and O–H groups in total. The lowest BCUT2D eigenvalue weighted by Gasteiger charge is -2.18. The molecule has 0 heterocycles. The molecule has 0 aromatic rings. The lowest BCUT2D eigenvalue weighted by molar-refractivity contribution is -0.648. The third-order valence-electron chi connectivity index (χ3n) is 1.45. The van der Waals surface area contributed by atoms with Crippen molar-refractivity contribution in [2.24, 2.45) is 0 Å². The number of hydrogen-bond acceptors (Lipinski definition) is 4. The van der Waals surface area contributed by atoms with Crippen LogP contribution in [-0.2, 0) is 20.4 Å². The van der Waals surface area contributed by atoms with E-state index in [4.69, 9.17) is 0 Å². The Balaban J connectivity index is 0. The third kappa shape index (κ3) is 7.25. The zero-order chi connectivity index (χ0) is 16.8. The highest BCUT2D eigenvalue weighted by atomic mass is 32.3. The number of nitrogens with two attached hydrogens (primary N) is 1. The van der Waals surface area contributed by atoms with E-state index < -0.39 is 36.0 Å². The molecule has 0 aromatic carbocycles. The fourth-order valence-electron chi connectivity index (χ4n) is 0.624. The van der Waals surface area contributed by atoms with Gasteiger partial charge in [-0.1, -0.05) is 8.01 Å². The number of sulfonamides is 1. The first-order valence-electron chi connectivity index (χ1n) is 4.86. The zero-order valence-electron chi connectivity index (χ0n) is 10.2. The highest BCUT2D eigenvalue weighted by Crippen LogP contribution is 2.39. The van der Waals surface area contributed by atoms with E-state index in [2.05, 4.69) is 19.2 Å². The second-order valence-corrected chi connectivity index (χ2v) is 6.21. The van der Waals surface area contributed by atoms with E-state index in [9.17, 15) is 42.7 Å². The Kier molecular flexibility index (Phi) is 8.05. The van der Waals surface area contributed by atoms with Crippen LogP contribution in [0.1, 0.15) is 13.8 Å². The van der Waals surface area contributed by atoms with Crippen LogP contribution < -0.4 is 9.44 Å². The summed E-state index contributed by atoms with van der Waals surface area (Å²) in [4.78, 5) is 0. The highest BCUT2D eigenvalue weighted by molar-refractivity contribution is 8.03. The second kappa shape index (κ2) is 7.42. The summed E-state index contributed by atoms with van der Waals surface area (Å²) in [6.07, 6.45) is -6.57. The van der Waals surface area contributed by atoms with E-state index in [1.165, 1.54) is 13.1 Å². The van der Waals surface area contributed by atoms with Crippen LogP contribution >= 0.6 is 0 Å². The van der Waals surface area contributed by atoms with Crippen molar-refractivity contribution in [3.63, 3.8) is 0 Å². The summed E-state index contributed by atoms with van der Waals surface area (Å²) in [7, 11) is -13.0. The van der Waals surface area contributed by atoms with Crippen molar-refractivity contribution in [1.29, 1.82) is 0 Å². The fraction of sp³-hybridized carbons (Fsp3) is 1.00.